The summed E-state index contributed by atoms with van der Waals surface area (Å²) in [6.45, 7) is 0. The minimum Gasteiger partial charge on any atom is -0.312 e. The maximum atomic E-state index is 4.22. The van der Waals surface area contributed by atoms with Crippen LogP contribution in [0.4, 0.5) is 0 Å². The third kappa shape index (κ3) is 2.76. The lowest BCUT2D eigenvalue weighted by molar-refractivity contribution is 0.591. The largest absolute Gasteiger partial charge is 0.312 e. The number of thiol groups is 1. The second kappa shape index (κ2) is 5.27. The van der Waals surface area contributed by atoms with Gasteiger partial charge in [0.1, 0.15) is 0 Å². The van der Waals surface area contributed by atoms with E-state index in [-0.39, 0.29) is 0 Å². The summed E-state index contributed by atoms with van der Waals surface area (Å²) in [5.74, 6) is 0.918. The van der Waals surface area contributed by atoms with Crippen LogP contribution in [0.25, 0.3) is 0 Å². The Balaban J connectivity index is 2.66. The Morgan fingerprint density at radius 2 is 2.42 bits per heavy atom. The van der Waals surface area contributed by atoms with E-state index in [1.54, 1.807) is 11.3 Å². The summed E-state index contributed by atoms with van der Waals surface area (Å²) in [7, 11) is 1.99. The number of hydrogen-bond acceptors (Lipinski definition) is 3. The maximum absolute atomic E-state index is 4.22. The highest BCUT2D eigenvalue weighted by Crippen LogP contribution is 2.28. The van der Waals surface area contributed by atoms with Gasteiger partial charge in [-0.3, -0.25) is 0 Å². The SMILES string of the molecule is CNC(CCS)c1ccc(Br)s1. The lowest BCUT2D eigenvalue weighted by Crippen LogP contribution is -2.15. The molecule has 4 heteroatoms. The number of rotatable bonds is 4. The number of nitrogens with one attached hydrogen (secondary N) is 1. The molecule has 0 spiro atoms. The van der Waals surface area contributed by atoms with Gasteiger partial charge in [0.2, 0.25) is 0 Å². The topological polar surface area (TPSA) is 12.0 Å². The second-order valence-electron chi connectivity index (χ2n) is 2.50. The minimum atomic E-state index is 0.457. The molecular weight excluding hydrogens is 254 g/mol. The Kier molecular flexibility index (Phi) is 4.64. The number of halogens is 1. The zero-order valence-corrected chi connectivity index (χ0v) is 10.2. The van der Waals surface area contributed by atoms with Crippen molar-refractivity contribution in [3.63, 3.8) is 0 Å². The van der Waals surface area contributed by atoms with E-state index in [1.165, 1.54) is 8.66 Å². The smallest absolute Gasteiger partial charge is 0.0701 e. The molecule has 68 valence electrons. The van der Waals surface area contributed by atoms with Crippen LogP contribution in [0.5, 0.6) is 0 Å². The van der Waals surface area contributed by atoms with Crippen molar-refractivity contribution in [3.8, 4) is 0 Å². The zero-order chi connectivity index (χ0) is 8.97. The van der Waals surface area contributed by atoms with Crippen LogP contribution in [-0.2, 0) is 0 Å². The minimum absolute atomic E-state index is 0.457. The van der Waals surface area contributed by atoms with Crippen LogP contribution in [0.15, 0.2) is 15.9 Å². The molecule has 0 amide bonds. The van der Waals surface area contributed by atoms with E-state index in [9.17, 15) is 0 Å². The molecular formula is C8H12BrNS2. The molecule has 0 aromatic carbocycles. The Hall–Kier alpha value is 0.490. The van der Waals surface area contributed by atoms with Gasteiger partial charge in [0.15, 0.2) is 0 Å². The monoisotopic (exact) mass is 265 g/mol. The summed E-state index contributed by atoms with van der Waals surface area (Å²) in [6, 6.07) is 4.70. The molecule has 1 atom stereocenters. The third-order valence-corrected chi connectivity index (χ3v) is 3.70. The fraction of sp³-hybridized carbons (Fsp3) is 0.500. The summed E-state index contributed by atoms with van der Waals surface area (Å²) in [5, 5.41) is 3.27. The zero-order valence-electron chi connectivity index (χ0n) is 6.88. The van der Waals surface area contributed by atoms with Gasteiger partial charge in [-0.05, 0) is 47.3 Å². The van der Waals surface area contributed by atoms with Crippen molar-refractivity contribution in [2.75, 3.05) is 12.8 Å². The van der Waals surface area contributed by atoms with Gasteiger partial charge in [-0.15, -0.1) is 11.3 Å². The fourth-order valence-corrected chi connectivity index (χ4v) is 2.90. The predicted molar refractivity (Wildman–Crippen MR) is 62.3 cm³/mol. The Morgan fingerprint density at radius 3 is 2.83 bits per heavy atom. The number of hydrogen-bond donors (Lipinski definition) is 2. The van der Waals surface area contributed by atoms with E-state index < -0.39 is 0 Å². The van der Waals surface area contributed by atoms with Crippen molar-refractivity contribution in [1.29, 1.82) is 0 Å². The first-order valence-electron chi connectivity index (χ1n) is 3.81. The van der Waals surface area contributed by atoms with Crippen LogP contribution in [0.3, 0.4) is 0 Å². The van der Waals surface area contributed by atoms with Gasteiger partial charge in [-0.25, -0.2) is 0 Å². The Labute approximate surface area is 91.1 Å². The third-order valence-electron chi connectivity index (χ3n) is 1.70. The molecule has 0 saturated carbocycles. The molecule has 1 N–H and O–H groups in total. The predicted octanol–water partition coefficient (Wildman–Crippen LogP) is 3.09. The van der Waals surface area contributed by atoms with E-state index in [4.69, 9.17) is 0 Å². The number of thiophene rings is 1. The van der Waals surface area contributed by atoms with Gasteiger partial charge in [0, 0.05) is 10.9 Å². The average molecular weight is 266 g/mol. The van der Waals surface area contributed by atoms with Crippen LogP contribution in [0.1, 0.15) is 17.3 Å². The molecule has 0 aliphatic heterocycles. The molecule has 1 aromatic heterocycles. The fourth-order valence-electron chi connectivity index (χ4n) is 1.07. The van der Waals surface area contributed by atoms with E-state index in [1.807, 2.05) is 7.05 Å². The van der Waals surface area contributed by atoms with Crippen LogP contribution >= 0.6 is 39.9 Å². The van der Waals surface area contributed by atoms with Gasteiger partial charge >= 0.3 is 0 Å². The summed E-state index contributed by atoms with van der Waals surface area (Å²) in [4.78, 5) is 1.37. The van der Waals surface area contributed by atoms with Crippen LogP contribution < -0.4 is 5.32 Å². The van der Waals surface area contributed by atoms with Crippen molar-refractivity contribution in [3.05, 3.63) is 20.8 Å². The summed E-state index contributed by atoms with van der Waals surface area (Å²) in [6.07, 6.45) is 1.08. The van der Waals surface area contributed by atoms with Gasteiger partial charge in [-0.2, -0.15) is 12.6 Å². The van der Waals surface area contributed by atoms with Gasteiger partial charge in [0.25, 0.3) is 0 Å². The molecule has 0 aliphatic rings. The molecule has 1 nitrogen and oxygen atoms in total. The summed E-state index contributed by atoms with van der Waals surface area (Å²) in [5.41, 5.74) is 0. The van der Waals surface area contributed by atoms with Crippen molar-refractivity contribution >= 4 is 39.9 Å². The lowest BCUT2D eigenvalue weighted by Gasteiger charge is -2.11. The van der Waals surface area contributed by atoms with Crippen molar-refractivity contribution < 1.29 is 0 Å². The van der Waals surface area contributed by atoms with E-state index in [0.717, 1.165) is 12.2 Å². The van der Waals surface area contributed by atoms with Crippen molar-refractivity contribution in [1.82, 2.24) is 5.32 Å². The highest BCUT2D eigenvalue weighted by molar-refractivity contribution is 9.11. The quantitative estimate of drug-likeness (QED) is 0.798. The van der Waals surface area contributed by atoms with E-state index >= 15 is 0 Å². The molecule has 1 unspecified atom stereocenters. The second-order valence-corrected chi connectivity index (χ2v) is 5.44. The Morgan fingerprint density at radius 1 is 1.67 bits per heavy atom. The van der Waals surface area contributed by atoms with Crippen molar-refractivity contribution in [2.24, 2.45) is 0 Å². The average Bonchev–Trinajstić information content (AvgIpc) is 2.47. The first kappa shape index (κ1) is 10.6. The summed E-state index contributed by atoms with van der Waals surface area (Å²) < 4.78 is 1.19. The summed E-state index contributed by atoms with van der Waals surface area (Å²) >= 11 is 9.46. The molecule has 1 heterocycles. The Bertz CT molecular complexity index is 237. The molecule has 0 fully saturated rings. The van der Waals surface area contributed by atoms with Gasteiger partial charge in [-0.1, -0.05) is 0 Å². The van der Waals surface area contributed by atoms with E-state index in [0.29, 0.717) is 6.04 Å². The molecule has 0 aliphatic carbocycles. The molecule has 1 aromatic rings. The first-order valence-corrected chi connectivity index (χ1v) is 6.05. The van der Waals surface area contributed by atoms with Crippen LogP contribution in [0, 0.1) is 0 Å². The first-order chi connectivity index (χ1) is 5.77. The molecule has 0 radical (unpaired) electrons. The van der Waals surface area contributed by atoms with Gasteiger partial charge < -0.3 is 5.32 Å². The van der Waals surface area contributed by atoms with Crippen LogP contribution in [-0.4, -0.2) is 12.8 Å². The maximum Gasteiger partial charge on any atom is 0.0701 e. The van der Waals surface area contributed by atoms with E-state index in [2.05, 4.69) is 46.0 Å². The highest BCUT2D eigenvalue weighted by Gasteiger charge is 2.09. The molecule has 0 bridgehead atoms. The van der Waals surface area contributed by atoms with Crippen molar-refractivity contribution in [2.45, 2.75) is 12.5 Å². The molecule has 0 saturated heterocycles. The normalized spacial score (nSPS) is 13.2. The van der Waals surface area contributed by atoms with Gasteiger partial charge in [0.05, 0.1) is 3.79 Å². The van der Waals surface area contributed by atoms with Crippen LogP contribution in [0.2, 0.25) is 0 Å². The lowest BCUT2D eigenvalue weighted by atomic mass is 10.2. The highest BCUT2D eigenvalue weighted by atomic mass is 79.9. The molecule has 1 rings (SSSR count). The molecule has 12 heavy (non-hydrogen) atoms. The standard InChI is InChI=1S/C8H12BrNS2/c1-10-6(4-5-11)7-2-3-8(9)12-7/h2-3,6,10-11H,4-5H2,1H3.